The lowest BCUT2D eigenvalue weighted by atomic mass is 10.1. The summed E-state index contributed by atoms with van der Waals surface area (Å²) in [6, 6.07) is 0. The second-order valence-corrected chi connectivity index (χ2v) is 4.80. The molecule has 1 aromatic heterocycles. The topological polar surface area (TPSA) is 46.9 Å². The minimum absolute atomic E-state index is 0.248. The van der Waals surface area contributed by atoms with Crippen LogP contribution in [0.15, 0.2) is 4.47 Å². The maximum atomic E-state index is 11.8. The Morgan fingerprint density at radius 3 is 2.71 bits per heavy atom. The van der Waals surface area contributed by atoms with Crippen molar-refractivity contribution in [2.24, 2.45) is 7.05 Å². The van der Waals surface area contributed by atoms with Crippen molar-refractivity contribution in [2.75, 3.05) is 13.1 Å². The van der Waals surface area contributed by atoms with E-state index in [2.05, 4.69) is 33.3 Å². The lowest BCUT2D eigenvalue weighted by molar-refractivity contribution is -0.118. The smallest absolute Gasteiger partial charge is 0.140 e. The van der Waals surface area contributed by atoms with Crippen LogP contribution >= 0.6 is 15.9 Å². The highest BCUT2D eigenvalue weighted by molar-refractivity contribution is 9.10. The summed E-state index contributed by atoms with van der Waals surface area (Å²) < 4.78 is 2.79. The average Bonchev–Trinajstić information content (AvgIpc) is 2.57. The number of hydrogen-bond acceptors (Lipinski definition) is 3. The molecule has 1 N–H and O–H groups in total. The molecule has 0 saturated heterocycles. The van der Waals surface area contributed by atoms with Crippen molar-refractivity contribution in [3.63, 3.8) is 0 Å². The van der Waals surface area contributed by atoms with E-state index in [1.807, 2.05) is 14.0 Å². The Hall–Kier alpha value is -0.680. The van der Waals surface area contributed by atoms with Gasteiger partial charge in [0.25, 0.3) is 0 Å². The van der Waals surface area contributed by atoms with Crippen molar-refractivity contribution in [3.8, 4) is 0 Å². The molecule has 0 aliphatic rings. The van der Waals surface area contributed by atoms with Gasteiger partial charge in [-0.3, -0.25) is 9.48 Å². The maximum absolute atomic E-state index is 11.8. The molecular formula is C12H20BrN3O. The molecule has 0 radical (unpaired) electrons. The van der Waals surface area contributed by atoms with Crippen LogP contribution in [0, 0.1) is 0 Å². The summed E-state index contributed by atoms with van der Waals surface area (Å²) in [6.45, 7) is 5.76. The normalized spacial score (nSPS) is 10.8. The number of rotatable bonds is 7. The van der Waals surface area contributed by atoms with Crippen molar-refractivity contribution in [2.45, 2.75) is 33.1 Å². The highest BCUT2D eigenvalue weighted by atomic mass is 79.9. The Labute approximate surface area is 111 Å². The fourth-order valence-corrected chi connectivity index (χ4v) is 2.45. The van der Waals surface area contributed by atoms with E-state index in [4.69, 9.17) is 0 Å². The fraction of sp³-hybridized carbons (Fsp3) is 0.667. The molecular weight excluding hydrogens is 282 g/mol. The number of nitrogens with zero attached hydrogens (tertiary/aromatic N) is 2. The first-order chi connectivity index (χ1) is 8.10. The van der Waals surface area contributed by atoms with E-state index < -0.39 is 0 Å². The molecule has 0 saturated carbocycles. The monoisotopic (exact) mass is 301 g/mol. The third-order valence-electron chi connectivity index (χ3n) is 2.70. The lowest BCUT2D eigenvalue weighted by Crippen LogP contribution is -2.19. The predicted octanol–water partition coefficient (Wildman–Crippen LogP) is 1.86. The molecule has 96 valence electrons. The Kier molecular flexibility index (Phi) is 5.85. The molecule has 0 unspecified atom stereocenters. The molecule has 0 amide bonds. The van der Waals surface area contributed by atoms with Gasteiger partial charge in [0.05, 0.1) is 15.9 Å². The molecule has 0 aliphatic carbocycles. The molecule has 1 aromatic rings. The number of aromatic nitrogens is 2. The van der Waals surface area contributed by atoms with Gasteiger partial charge in [-0.1, -0.05) is 13.8 Å². The summed E-state index contributed by atoms with van der Waals surface area (Å²) in [6.07, 6.45) is 1.91. The largest absolute Gasteiger partial charge is 0.317 e. The predicted molar refractivity (Wildman–Crippen MR) is 72.2 cm³/mol. The van der Waals surface area contributed by atoms with Gasteiger partial charge >= 0.3 is 0 Å². The first-order valence-electron chi connectivity index (χ1n) is 6.02. The van der Waals surface area contributed by atoms with Crippen molar-refractivity contribution in [1.29, 1.82) is 0 Å². The molecule has 17 heavy (non-hydrogen) atoms. The van der Waals surface area contributed by atoms with Crippen molar-refractivity contribution in [3.05, 3.63) is 15.9 Å². The first-order valence-corrected chi connectivity index (χ1v) is 6.82. The Morgan fingerprint density at radius 2 is 2.18 bits per heavy atom. The lowest BCUT2D eigenvalue weighted by Gasteiger charge is -2.03. The quantitative estimate of drug-likeness (QED) is 0.782. The summed E-state index contributed by atoms with van der Waals surface area (Å²) >= 11 is 3.52. The summed E-state index contributed by atoms with van der Waals surface area (Å²) in [7, 11) is 1.89. The number of hydrogen-bond donors (Lipinski definition) is 1. The Morgan fingerprint density at radius 1 is 1.47 bits per heavy atom. The van der Waals surface area contributed by atoms with E-state index in [0.717, 1.165) is 35.4 Å². The molecule has 4 nitrogen and oxygen atoms in total. The van der Waals surface area contributed by atoms with Gasteiger partial charge in [0, 0.05) is 26.4 Å². The number of Topliss-reactive ketones (excluding diaryl/α,β-unsaturated/α-hetero) is 1. The summed E-state index contributed by atoms with van der Waals surface area (Å²) in [5.74, 6) is 0.248. The van der Waals surface area contributed by atoms with Crippen LogP contribution < -0.4 is 5.32 Å². The Balaban J connectivity index is 2.62. The van der Waals surface area contributed by atoms with Gasteiger partial charge in [0.15, 0.2) is 0 Å². The number of aryl methyl sites for hydroxylation is 2. The highest BCUT2D eigenvalue weighted by Gasteiger charge is 2.15. The molecule has 0 fully saturated rings. The number of halogens is 1. The van der Waals surface area contributed by atoms with E-state index >= 15 is 0 Å². The van der Waals surface area contributed by atoms with E-state index in [9.17, 15) is 4.79 Å². The van der Waals surface area contributed by atoms with Crippen LogP contribution in [0.25, 0.3) is 0 Å². The second-order valence-electron chi connectivity index (χ2n) is 4.00. The Bertz CT molecular complexity index is 387. The number of nitrogens with one attached hydrogen (secondary N) is 1. The van der Waals surface area contributed by atoms with Gasteiger partial charge in [0.1, 0.15) is 5.78 Å². The van der Waals surface area contributed by atoms with Crippen LogP contribution in [0.1, 0.15) is 31.7 Å². The van der Waals surface area contributed by atoms with Crippen LogP contribution in [-0.4, -0.2) is 28.7 Å². The molecule has 0 bridgehead atoms. The molecule has 0 atom stereocenters. The average molecular weight is 302 g/mol. The van der Waals surface area contributed by atoms with Crippen LogP contribution in [0.4, 0.5) is 0 Å². The zero-order chi connectivity index (χ0) is 12.8. The second kappa shape index (κ2) is 6.91. The van der Waals surface area contributed by atoms with E-state index in [1.54, 1.807) is 4.68 Å². The van der Waals surface area contributed by atoms with E-state index in [-0.39, 0.29) is 5.78 Å². The summed E-state index contributed by atoms with van der Waals surface area (Å²) in [5.41, 5.74) is 1.99. The first kappa shape index (κ1) is 14.4. The van der Waals surface area contributed by atoms with E-state index in [1.165, 1.54) is 0 Å². The number of carbonyl (C=O) groups excluding carboxylic acids is 1. The van der Waals surface area contributed by atoms with E-state index in [0.29, 0.717) is 12.8 Å². The molecule has 0 spiro atoms. The van der Waals surface area contributed by atoms with Gasteiger partial charge in [0.2, 0.25) is 0 Å². The minimum atomic E-state index is 0.248. The van der Waals surface area contributed by atoms with Crippen molar-refractivity contribution < 1.29 is 4.79 Å². The minimum Gasteiger partial charge on any atom is -0.317 e. The standard InChI is InChI=1S/C12H20BrN3O/c1-4-10-12(13)11(16(3)15-10)8-9(17)6-7-14-5-2/h14H,4-8H2,1-3H3. The molecule has 0 aromatic carbocycles. The third kappa shape index (κ3) is 3.92. The maximum Gasteiger partial charge on any atom is 0.140 e. The number of ketones is 1. The molecule has 5 heteroatoms. The molecule has 1 heterocycles. The van der Waals surface area contributed by atoms with Crippen molar-refractivity contribution in [1.82, 2.24) is 15.1 Å². The SMILES string of the molecule is CCNCCC(=O)Cc1c(Br)c(CC)nn1C. The molecule has 0 aliphatic heterocycles. The van der Waals surface area contributed by atoms with Gasteiger partial charge < -0.3 is 5.32 Å². The third-order valence-corrected chi connectivity index (χ3v) is 3.61. The zero-order valence-corrected chi connectivity index (χ0v) is 12.3. The van der Waals surface area contributed by atoms with Crippen LogP contribution in [0.2, 0.25) is 0 Å². The van der Waals surface area contributed by atoms with Crippen molar-refractivity contribution >= 4 is 21.7 Å². The number of carbonyl (C=O) groups is 1. The van der Waals surface area contributed by atoms with Crippen LogP contribution in [0.3, 0.4) is 0 Å². The summed E-state index contributed by atoms with van der Waals surface area (Å²) in [5, 5.41) is 7.54. The highest BCUT2D eigenvalue weighted by Crippen LogP contribution is 2.22. The van der Waals surface area contributed by atoms with Crippen LogP contribution in [-0.2, 0) is 24.7 Å². The van der Waals surface area contributed by atoms with Gasteiger partial charge in [-0.15, -0.1) is 0 Å². The van der Waals surface area contributed by atoms with Gasteiger partial charge in [-0.05, 0) is 28.9 Å². The molecule has 1 rings (SSSR count). The van der Waals surface area contributed by atoms with Crippen LogP contribution in [0.5, 0.6) is 0 Å². The van der Waals surface area contributed by atoms with Gasteiger partial charge in [-0.25, -0.2) is 0 Å². The van der Waals surface area contributed by atoms with Gasteiger partial charge in [-0.2, -0.15) is 5.10 Å². The fourth-order valence-electron chi connectivity index (χ4n) is 1.69. The summed E-state index contributed by atoms with van der Waals surface area (Å²) in [4.78, 5) is 11.8. The zero-order valence-electron chi connectivity index (χ0n) is 10.7.